The zero-order chi connectivity index (χ0) is 25.6. The van der Waals surface area contributed by atoms with Gasteiger partial charge in [0.2, 0.25) is 0 Å². The molecule has 2 aromatic rings. The van der Waals surface area contributed by atoms with E-state index in [2.05, 4.69) is 16.9 Å². The summed E-state index contributed by atoms with van der Waals surface area (Å²) < 4.78 is 88.8. The van der Waals surface area contributed by atoms with Crippen LogP contribution in [0.2, 0.25) is 0 Å². The van der Waals surface area contributed by atoms with Gasteiger partial charge in [-0.2, -0.15) is 8.78 Å². The number of rotatable bonds is 9. The molecule has 1 aliphatic rings. The first-order chi connectivity index (χ1) is 16.5. The number of hydrogen-bond donors (Lipinski definition) is 0. The Hall–Kier alpha value is -2.48. The van der Waals surface area contributed by atoms with Gasteiger partial charge in [-0.1, -0.05) is 42.5 Å². The van der Waals surface area contributed by atoms with Crippen LogP contribution in [0.3, 0.4) is 0 Å². The lowest BCUT2D eigenvalue weighted by Crippen LogP contribution is -2.21. The van der Waals surface area contributed by atoms with E-state index in [1.807, 2.05) is 6.92 Å². The highest BCUT2D eigenvalue weighted by Crippen LogP contribution is 2.40. The van der Waals surface area contributed by atoms with Crippen molar-refractivity contribution in [3.63, 3.8) is 0 Å². The predicted octanol–water partition coefficient (Wildman–Crippen LogP) is 9.18. The largest absolute Gasteiger partial charge is 0.573 e. The quantitative estimate of drug-likeness (QED) is 0.252. The van der Waals surface area contributed by atoms with Crippen LogP contribution in [0.4, 0.5) is 26.3 Å². The van der Waals surface area contributed by atoms with Crippen molar-refractivity contribution in [2.45, 2.75) is 76.9 Å². The highest BCUT2D eigenvalue weighted by atomic mass is 19.4. The molecule has 0 aliphatic heterocycles. The van der Waals surface area contributed by atoms with E-state index >= 15 is 0 Å². The SMILES string of the molecule is C/C=C/CCC1CCC(c2ccc(C(F)(F)OC(C)c3ccc(OC(F)(F)F)c(F)c3)cc2)CC1. The number of allylic oxidation sites excluding steroid dienone is 2. The Labute approximate surface area is 201 Å². The summed E-state index contributed by atoms with van der Waals surface area (Å²) in [6.07, 6.45) is 0.829. The fraction of sp³-hybridized carbons (Fsp3) is 0.481. The highest BCUT2D eigenvalue weighted by molar-refractivity contribution is 5.31. The van der Waals surface area contributed by atoms with Crippen molar-refractivity contribution in [2.75, 3.05) is 0 Å². The van der Waals surface area contributed by atoms with Crippen LogP contribution in [-0.4, -0.2) is 6.36 Å². The van der Waals surface area contributed by atoms with Gasteiger partial charge in [0, 0.05) is 0 Å². The van der Waals surface area contributed by atoms with Gasteiger partial charge in [-0.3, -0.25) is 0 Å². The Morgan fingerprint density at radius 1 is 0.971 bits per heavy atom. The Balaban J connectivity index is 1.59. The summed E-state index contributed by atoms with van der Waals surface area (Å²) in [5.74, 6) is -1.31. The maximum atomic E-state index is 14.8. The van der Waals surface area contributed by atoms with Crippen molar-refractivity contribution >= 4 is 0 Å². The molecule has 1 unspecified atom stereocenters. The van der Waals surface area contributed by atoms with Gasteiger partial charge >= 0.3 is 12.5 Å². The van der Waals surface area contributed by atoms with Crippen molar-refractivity contribution < 1.29 is 35.8 Å². The average molecular weight is 501 g/mol. The van der Waals surface area contributed by atoms with Crippen LogP contribution in [0.1, 0.15) is 81.1 Å². The highest BCUT2D eigenvalue weighted by Gasteiger charge is 2.36. The fourth-order valence-corrected chi connectivity index (χ4v) is 4.57. The lowest BCUT2D eigenvalue weighted by Gasteiger charge is -2.29. The van der Waals surface area contributed by atoms with Gasteiger partial charge in [0.15, 0.2) is 11.6 Å². The molecule has 1 aliphatic carbocycles. The molecule has 0 bridgehead atoms. The molecule has 1 fully saturated rings. The predicted molar refractivity (Wildman–Crippen MR) is 122 cm³/mol. The number of hydrogen-bond acceptors (Lipinski definition) is 2. The van der Waals surface area contributed by atoms with Crippen molar-refractivity contribution in [2.24, 2.45) is 5.92 Å². The monoisotopic (exact) mass is 500 g/mol. The fourth-order valence-electron chi connectivity index (χ4n) is 4.57. The van der Waals surface area contributed by atoms with Gasteiger partial charge in [-0.15, -0.1) is 13.2 Å². The summed E-state index contributed by atoms with van der Waals surface area (Å²) in [7, 11) is 0. The van der Waals surface area contributed by atoms with E-state index < -0.39 is 30.1 Å². The molecule has 0 saturated heterocycles. The molecule has 1 saturated carbocycles. The van der Waals surface area contributed by atoms with Crippen molar-refractivity contribution in [3.8, 4) is 5.75 Å². The van der Waals surface area contributed by atoms with Gasteiger partial charge in [0.1, 0.15) is 0 Å². The molecular weight excluding hydrogens is 470 g/mol. The van der Waals surface area contributed by atoms with Crippen LogP contribution in [0.5, 0.6) is 5.75 Å². The van der Waals surface area contributed by atoms with E-state index in [-0.39, 0.29) is 11.1 Å². The Morgan fingerprint density at radius 3 is 2.20 bits per heavy atom. The van der Waals surface area contributed by atoms with Crippen molar-refractivity contribution in [1.82, 2.24) is 0 Å². The van der Waals surface area contributed by atoms with E-state index in [0.29, 0.717) is 17.9 Å². The molecule has 35 heavy (non-hydrogen) atoms. The molecule has 192 valence electrons. The Kier molecular flexibility index (Phi) is 8.91. The maximum Gasteiger partial charge on any atom is 0.573 e. The number of ether oxygens (including phenoxy) is 2. The van der Waals surface area contributed by atoms with Crippen molar-refractivity contribution in [1.29, 1.82) is 0 Å². The van der Waals surface area contributed by atoms with Crippen LogP contribution >= 0.6 is 0 Å². The maximum absolute atomic E-state index is 14.8. The second kappa shape index (κ2) is 11.5. The van der Waals surface area contributed by atoms with E-state index in [9.17, 15) is 26.3 Å². The second-order valence-electron chi connectivity index (χ2n) is 9.00. The summed E-state index contributed by atoms with van der Waals surface area (Å²) in [4.78, 5) is 0. The van der Waals surface area contributed by atoms with Crippen LogP contribution in [-0.2, 0) is 10.8 Å². The van der Waals surface area contributed by atoms with Gasteiger partial charge in [0.25, 0.3) is 0 Å². The van der Waals surface area contributed by atoms with Crippen LogP contribution in [0.25, 0.3) is 0 Å². The minimum absolute atomic E-state index is 0.0421. The van der Waals surface area contributed by atoms with Crippen LogP contribution in [0, 0.1) is 11.7 Å². The minimum Gasteiger partial charge on any atom is -0.403 e. The third-order valence-corrected chi connectivity index (χ3v) is 6.52. The molecule has 0 aromatic heterocycles. The molecule has 0 amide bonds. The molecule has 0 heterocycles. The summed E-state index contributed by atoms with van der Waals surface area (Å²) >= 11 is 0. The van der Waals surface area contributed by atoms with Gasteiger partial charge in [-0.05, 0) is 87.5 Å². The zero-order valence-electron chi connectivity index (χ0n) is 19.8. The molecule has 8 heteroatoms. The topological polar surface area (TPSA) is 18.5 Å². The zero-order valence-corrected chi connectivity index (χ0v) is 19.8. The average Bonchev–Trinajstić information content (AvgIpc) is 2.80. The first-order valence-corrected chi connectivity index (χ1v) is 11.8. The minimum atomic E-state index is -5.06. The molecular formula is C27H30F6O2. The number of halogens is 6. The van der Waals surface area contributed by atoms with E-state index in [1.165, 1.54) is 25.5 Å². The molecule has 0 spiro atoms. The first kappa shape index (κ1) is 27.1. The third kappa shape index (κ3) is 7.75. The third-order valence-electron chi connectivity index (χ3n) is 6.52. The van der Waals surface area contributed by atoms with Crippen molar-refractivity contribution in [3.05, 3.63) is 77.1 Å². The Bertz CT molecular complexity index is 976. The van der Waals surface area contributed by atoms with Gasteiger partial charge in [-0.25, -0.2) is 4.39 Å². The molecule has 0 radical (unpaired) electrons. The lowest BCUT2D eigenvalue weighted by atomic mass is 9.77. The van der Waals surface area contributed by atoms with Gasteiger partial charge in [0.05, 0.1) is 11.7 Å². The smallest absolute Gasteiger partial charge is 0.403 e. The Morgan fingerprint density at radius 2 is 1.63 bits per heavy atom. The summed E-state index contributed by atoms with van der Waals surface area (Å²) in [6.45, 7) is 3.29. The number of alkyl halides is 5. The second-order valence-corrected chi connectivity index (χ2v) is 9.00. The van der Waals surface area contributed by atoms with Crippen LogP contribution < -0.4 is 4.74 Å². The van der Waals surface area contributed by atoms with E-state index in [1.54, 1.807) is 12.1 Å². The van der Waals surface area contributed by atoms with E-state index in [0.717, 1.165) is 49.8 Å². The molecule has 1 atom stereocenters. The normalized spacial score (nSPS) is 20.2. The summed E-state index contributed by atoms with van der Waals surface area (Å²) in [6, 6.07) is 8.56. The first-order valence-electron chi connectivity index (χ1n) is 11.8. The molecule has 0 N–H and O–H groups in total. The van der Waals surface area contributed by atoms with Crippen LogP contribution in [0.15, 0.2) is 54.6 Å². The molecule has 3 rings (SSSR count). The lowest BCUT2D eigenvalue weighted by molar-refractivity contribution is -0.275. The van der Waals surface area contributed by atoms with E-state index in [4.69, 9.17) is 4.74 Å². The standard InChI is InChI=1S/C27H30F6O2/c1-3-4-5-6-19-7-9-20(10-8-19)21-11-14-23(15-12-21)26(29,30)34-18(2)22-13-16-25(24(28)17-22)35-27(31,32)33/h3-4,11-20H,5-10H2,1-2H3/b4-3+. The molecule has 2 nitrogen and oxygen atoms in total. The molecule has 2 aromatic carbocycles. The number of benzene rings is 2. The summed E-state index contributed by atoms with van der Waals surface area (Å²) in [5.41, 5.74) is 0.636. The summed E-state index contributed by atoms with van der Waals surface area (Å²) in [5, 5.41) is 0. The van der Waals surface area contributed by atoms with Gasteiger partial charge < -0.3 is 9.47 Å².